The molecule has 0 aliphatic heterocycles. The standard InChI is InChI=1S/C11H23NO2/c1-9(2)11(13)6-7-12(4)8-10(3)14-5/h9-10H,6-8H2,1-5H3. The van der Waals surface area contributed by atoms with Crippen LogP contribution in [0.25, 0.3) is 0 Å². The fourth-order valence-corrected chi connectivity index (χ4v) is 1.19. The monoisotopic (exact) mass is 201 g/mol. The predicted octanol–water partition coefficient (Wildman–Crippen LogP) is 1.57. The molecule has 0 amide bonds. The van der Waals surface area contributed by atoms with E-state index >= 15 is 0 Å². The van der Waals surface area contributed by atoms with Crippen molar-refractivity contribution < 1.29 is 9.53 Å². The first-order chi connectivity index (χ1) is 6.47. The van der Waals surface area contributed by atoms with Crippen molar-refractivity contribution >= 4 is 5.78 Å². The summed E-state index contributed by atoms with van der Waals surface area (Å²) in [6.07, 6.45) is 0.874. The van der Waals surface area contributed by atoms with Crippen LogP contribution in [0.5, 0.6) is 0 Å². The Morgan fingerprint density at radius 1 is 1.36 bits per heavy atom. The Labute approximate surface area is 87.4 Å². The highest BCUT2D eigenvalue weighted by molar-refractivity contribution is 5.80. The lowest BCUT2D eigenvalue weighted by molar-refractivity contribution is -0.122. The number of nitrogens with zero attached hydrogens (tertiary/aromatic N) is 1. The lowest BCUT2D eigenvalue weighted by atomic mass is 10.1. The summed E-state index contributed by atoms with van der Waals surface area (Å²) in [5.74, 6) is 0.491. The molecule has 0 fully saturated rings. The summed E-state index contributed by atoms with van der Waals surface area (Å²) in [5.41, 5.74) is 0. The van der Waals surface area contributed by atoms with Crippen LogP contribution in [0.15, 0.2) is 0 Å². The van der Waals surface area contributed by atoms with E-state index in [2.05, 4.69) is 4.90 Å². The minimum atomic E-state index is 0.156. The average molecular weight is 201 g/mol. The molecule has 0 bridgehead atoms. The van der Waals surface area contributed by atoms with E-state index in [1.54, 1.807) is 7.11 Å². The minimum Gasteiger partial charge on any atom is -0.380 e. The van der Waals surface area contributed by atoms with Crippen LogP contribution in [0.3, 0.4) is 0 Å². The molecule has 0 saturated heterocycles. The van der Waals surface area contributed by atoms with Gasteiger partial charge in [0.2, 0.25) is 0 Å². The predicted molar refractivity (Wildman–Crippen MR) is 58.4 cm³/mol. The van der Waals surface area contributed by atoms with E-state index in [-0.39, 0.29) is 12.0 Å². The summed E-state index contributed by atoms with van der Waals surface area (Å²) in [5, 5.41) is 0. The van der Waals surface area contributed by atoms with Gasteiger partial charge in [-0.1, -0.05) is 13.8 Å². The summed E-state index contributed by atoms with van der Waals surface area (Å²) in [6, 6.07) is 0. The van der Waals surface area contributed by atoms with E-state index in [0.717, 1.165) is 13.1 Å². The molecule has 3 heteroatoms. The highest BCUT2D eigenvalue weighted by Gasteiger charge is 2.10. The molecule has 0 aromatic rings. The van der Waals surface area contributed by atoms with Gasteiger partial charge in [-0.3, -0.25) is 4.79 Å². The van der Waals surface area contributed by atoms with Gasteiger partial charge in [-0.2, -0.15) is 0 Å². The normalized spacial score (nSPS) is 13.6. The number of hydrogen-bond donors (Lipinski definition) is 0. The average Bonchev–Trinajstić information content (AvgIpc) is 2.13. The largest absolute Gasteiger partial charge is 0.380 e. The van der Waals surface area contributed by atoms with Crippen molar-refractivity contribution in [3.63, 3.8) is 0 Å². The maximum atomic E-state index is 11.3. The van der Waals surface area contributed by atoms with E-state index in [9.17, 15) is 4.79 Å². The number of carbonyl (C=O) groups excluding carboxylic acids is 1. The van der Waals surface area contributed by atoms with Gasteiger partial charge in [-0.05, 0) is 14.0 Å². The highest BCUT2D eigenvalue weighted by Crippen LogP contribution is 2.00. The van der Waals surface area contributed by atoms with E-state index in [1.807, 2.05) is 27.8 Å². The molecule has 0 spiro atoms. The summed E-state index contributed by atoms with van der Waals surface area (Å²) in [4.78, 5) is 13.5. The summed E-state index contributed by atoms with van der Waals surface area (Å²) < 4.78 is 5.15. The molecule has 0 rings (SSSR count). The molecule has 0 aliphatic rings. The SMILES string of the molecule is COC(C)CN(C)CCC(=O)C(C)C. The van der Waals surface area contributed by atoms with Gasteiger partial charge in [0, 0.05) is 32.5 Å². The van der Waals surface area contributed by atoms with Crippen molar-refractivity contribution in [1.29, 1.82) is 0 Å². The van der Waals surface area contributed by atoms with Gasteiger partial charge in [0.15, 0.2) is 0 Å². The molecular formula is C11H23NO2. The maximum absolute atomic E-state index is 11.3. The molecule has 0 aromatic carbocycles. The highest BCUT2D eigenvalue weighted by atomic mass is 16.5. The second kappa shape index (κ2) is 6.96. The molecule has 0 radical (unpaired) electrons. The Kier molecular flexibility index (Phi) is 6.75. The summed E-state index contributed by atoms with van der Waals surface area (Å²) >= 11 is 0. The molecule has 0 heterocycles. The second-order valence-corrected chi connectivity index (χ2v) is 4.18. The fourth-order valence-electron chi connectivity index (χ4n) is 1.19. The third kappa shape index (κ3) is 6.11. The van der Waals surface area contributed by atoms with Crippen molar-refractivity contribution in [2.45, 2.75) is 33.3 Å². The first kappa shape index (κ1) is 13.6. The van der Waals surface area contributed by atoms with E-state index in [4.69, 9.17) is 4.74 Å². The van der Waals surface area contributed by atoms with Gasteiger partial charge in [-0.15, -0.1) is 0 Å². The van der Waals surface area contributed by atoms with Crippen LogP contribution in [0.4, 0.5) is 0 Å². The van der Waals surface area contributed by atoms with Gasteiger partial charge in [0.1, 0.15) is 5.78 Å². The van der Waals surface area contributed by atoms with Crippen molar-refractivity contribution in [1.82, 2.24) is 4.90 Å². The molecule has 1 atom stereocenters. The molecule has 0 N–H and O–H groups in total. The summed E-state index contributed by atoms with van der Waals surface area (Å²) in [7, 11) is 3.72. The second-order valence-electron chi connectivity index (χ2n) is 4.18. The molecular weight excluding hydrogens is 178 g/mol. The van der Waals surface area contributed by atoms with E-state index in [0.29, 0.717) is 12.2 Å². The quantitative estimate of drug-likeness (QED) is 0.626. The zero-order valence-corrected chi connectivity index (χ0v) is 10.0. The van der Waals surface area contributed by atoms with Crippen LogP contribution in [0.2, 0.25) is 0 Å². The zero-order chi connectivity index (χ0) is 11.1. The number of ether oxygens (including phenoxy) is 1. The zero-order valence-electron chi connectivity index (χ0n) is 10.0. The van der Waals surface area contributed by atoms with Crippen LogP contribution >= 0.6 is 0 Å². The molecule has 0 aliphatic carbocycles. The Balaban J connectivity index is 3.63. The van der Waals surface area contributed by atoms with Gasteiger partial charge in [-0.25, -0.2) is 0 Å². The number of hydrogen-bond acceptors (Lipinski definition) is 3. The van der Waals surface area contributed by atoms with Crippen LogP contribution < -0.4 is 0 Å². The number of Topliss-reactive ketones (excluding diaryl/α,β-unsaturated/α-hetero) is 1. The van der Waals surface area contributed by atoms with Gasteiger partial charge < -0.3 is 9.64 Å². The number of likely N-dealkylation sites (N-methyl/N-ethyl adjacent to an activating group) is 1. The molecule has 0 saturated carbocycles. The molecule has 3 nitrogen and oxygen atoms in total. The Morgan fingerprint density at radius 3 is 2.36 bits per heavy atom. The van der Waals surface area contributed by atoms with Gasteiger partial charge >= 0.3 is 0 Å². The van der Waals surface area contributed by atoms with Crippen molar-refractivity contribution in [3.8, 4) is 0 Å². The Morgan fingerprint density at radius 2 is 1.93 bits per heavy atom. The van der Waals surface area contributed by atoms with E-state index in [1.165, 1.54) is 0 Å². The lowest BCUT2D eigenvalue weighted by Crippen LogP contribution is -2.30. The molecule has 84 valence electrons. The van der Waals surface area contributed by atoms with E-state index < -0.39 is 0 Å². The third-order valence-corrected chi connectivity index (χ3v) is 2.36. The van der Waals surface area contributed by atoms with Crippen molar-refractivity contribution in [2.75, 3.05) is 27.2 Å². The lowest BCUT2D eigenvalue weighted by Gasteiger charge is -2.20. The number of rotatable bonds is 7. The number of ketones is 1. The fraction of sp³-hybridized carbons (Fsp3) is 0.909. The first-order valence-electron chi connectivity index (χ1n) is 5.21. The van der Waals surface area contributed by atoms with Crippen molar-refractivity contribution in [2.24, 2.45) is 5.92 Å². The number of carbonyl (C=O) groups is 1. The van der Waals surface area contributed by atoms with Crippen molar-refractivity contribution in [3.05, 3.63) is 0 Å². The Bertz CT molecular complexity index is 169. The molecule has 1 unspecified atom stereocenters. The molecule has 14 heavy (non-hydrogen) atoms. The van der Waals surface area contributed by atoms with Crippen LogP contribution in [-0.4, -0.2) is 44.0 Å². The van der Waals surface area contributed by atoms with Crippen LogP contribution in [0, 0.1) is 5.92 Å². The number of methoxy groups -OCH3 is 1. The van der Waals surface area contributed by atoms with Crippen LogP contribution in [0.1, 0.15) is 27.2 Å². The van der Waals surface area contributed by atoms with Gasteiger partial charge in [0.25, 0.3) is 0 Å². The van der Waals surface area contributed by atoms with Gasteiger partial charge in [0.05, 0.1) is 6.10 Å². The topological polar surface area (TPSA) is 29.5 Å². The minimum absolute atomic E-state index is 0.156. The smallest absolute Gasteiger partial charge is 0.136 e. The maximum Gasteiger partial charge on any atom is 0.136 e. The third-order valence-electron chi connectivity index (χ3n) is 2.36. The summed E-state index contributed by atoms with van der Waals surface area (Å²) in [6.45, 7) is 7.62. The molecule has 0 aromatic heterocycles. The first-order valence-corrected chi connectivity index (χ1v) is 5.21. The van der Waals surface area contributed by atoms with Crippen LogP contribution in [-0.2, 0) is 9.53 Å². The Hall–Kier alpha value is -0.410.